The molecule has 1 N–H and O–H groups in total. The molecular weight excluding hydrogens is 316 g/mol. The molecule has 1 atom stereocenters. The van der Waals surface area contributed by atoms with E-state index >= 15 is 0 Å². The molecule has 1 saturated heterocycles. The second-order valence-electron chi connectivity index (χ2n) is 7.48. The van der Waals surface area contributed by atoms with Crippen LogP contribution in [0.15, 0.2) is 30.3 Å². The van der Waals surface area contributed by atoms with Crippen molar-refractivity contribution in [3.05, 3.63) is 35.9 Å². The number of carbonyl (C=O) groups is 2. The zero-order valence-corrected chi connectivity index (χ0v) is 15.7. The standard InChI is InChI=1S/C20H30N2O3/c1-15(2)22(14-16-9-6-5-7-10-16)19(24)20(3,4)18(23)21-13-17-11-8-12-25-17/h5-7,9-10,15,17H,8,11-14H2,1-4H3,(H,21,23). The topological polar surface area (TPSA) is 58.6 Å². The summed E-state index contributed by atoms with van der Waals surface area (Å²) in [6.07, 6.45) is 2.06. The molecule has 1 aliphatic heterocycles. The van der Waals surface area contributed by atoms with Gasteiger partial charge in [0.05, 0.1) is 6.10 Å². The number of nitrogens with zero attached hydrogens (tertiary/aromatic N) is 1. The van der Waals surface area contributed by atoms with Gasteiger partial charge in [-0.15, -0.1) is 0 Å². The Kier molecular flexibility index (Phi) is 6.59. The molecule has 1 aromatic rings. The van der Waals surface area contributed by atoms with Crippen LogP contribution >= 0.6 is 0 Å². The Morgan fingerprint density at radius 3 is 2.52 bits per heavy atom. The summed E-state index contributed by atoms with van der Waals surface area (Å²) in [5, 5.41) is 2.89. The number of benzene rings is 1. The van der Waals surface area contributed by atoms with Gasteiger partial charge >= 0.3 is 0 Å². The number of ether oxygens (including phenoxy) is 1. The first kappa shape index (κ1) is 19.4. The lowest BCUT2D eigenvalue weighted by Gasteiger charge is -2.34. The highest BCUT2D eigenvalue weighted by Gasteiger charge is 2.40. The van der Waals surface area contributed by atoms with E-state index in [1.807, 2.05) is 44.2 Å². The molecule has 2 amide bonds. The van der Waals surface area contributed by atoms with E-state index in [0.29, 0.717) is 13.1 Å². The average molecular weight is 346 g/mol. The van der Waals surface area contributed by atoms with Crippen molar-refractivity contribution in [2.45, 2.75) is 59.2 Å². The third-order valence-electron chi connectivity index (χ3n) is 4.70. The Morgan fingerprint density at radius 1 is 1.28 bits per heavy atom. The summed E-state index contributed by atoms with van der Waals surface area (Å²) in [7, 11) is 0. The van der Waals surface area contributed by atoms with Crippen LogP contribution in [0.2, 0.25) is 0 Å². The van der Waals surface area contributed by atoms with E-state index in [-0.39, 0.29) is 24.0 Å². The molecule has 0 saturated carbocycles. The Labute approximate surface area is 150 Å². The van der Waals surface area contributed by atoms with Gasteiger partial charge in [0.25, 0.3) is 0 Å². The molecule has 5 heteroatoms. The number of hydrogen-bond donors (Lipinski definition) is 1. The van der Waals surface area contributed by atoms with Crippen molar-refractivity contribution in [3.63, 3.8) is 0 Å². The quantitative estimate of drug-likeness (QED) is 0.772. The van der Waals surface area contributed by atoms with E-state index in [9.17, 15) is 9.59 Å². The summed E-state index contributed by atoms with van der Waals surface area (Å²) in [6, 6.07) is 9.86. The molecule has 25 heavy (non-hydrogen) atoms. The average Bonchev–Trinajstić information content (AvgIpc) is 3.11. The molecular formula is C20H30N2O3. The van der Waals surface area contributed by atoms with Crippen LogP contribution in [-0.2, 0) is 20.9 Å². The maximum Gasteiger partial charge on any atom is 0.238 e. The predicted molar refractivity (Wildman–Crippen MR) is 97.9 cm³/mol. The van der Waals surface area contributed by atoms with Gasteiger partial charge in [0.1, 0.15) is 5.41 Å². The molecule has 0 spiro atoms. The minimum absolute atomic E-state index is 0.0120. The number of hydrogen-bond acceptors (Lipinski definition) is 3. The molecule has 1 unspecified atom stereocenters. The molecule has 0 aromatic heterocycles. The van der Waals surface area contributed by atoms with Crippen LogP contribution < -0.4 is 5.32 Å². The van der Waals surface area contributed by atoms with Gasteiger partial charge in [-0.25, -0.2) is 0 Å². The lowest BCUT2D eigenvalue weighted by molar-refractivity contribution is -0.150. The summed E-state index contributed by atoms with van der Waals surface area (Å²) < 4.78 is 5.53. The lowest BCUT2D eigenvalue weighted by atomic mass is 9.89. The first-order chi connectivity index (χ1) is 11.8. The van der Waals surface area contributed by atoms with Crippen LogP contribution in [0.25, 0.3) is 0 Å². The largest absolute Gasteiger partial charge is 0.376 e. The van der Waals surface area contributed by atoms with Crippen molar-refractivity contribution < 1.29 is 14.3 Å². The summed E-state index contributed by atoms with van der Waals surface area (Å²) in [4.78, 5) is 27.5. The molecule has 1 aliphatic rings. The number of nitrogens with one attached hydrogen (secondary N) is 1. The fourth-order valence-electron chi connectivity index (χ4n) is 2.96. The third kappa shape index (κ3) is 5.05. The van der Waals surface area contributed by atoms with Gasteiger partial charge in [0.15, 0.2) is 0 Å². The highest BCUT2D eigenvalue weighted by Crippen LogP contribution is 2.23. The molecule has 0 radical (unpaired) electrons. The van der Waals surface area contributed by atoms with E-state index in [1.54, 1.807) is 18.7 Å². The van der Waals surface area contributed by atoms with Crippen molar-refractivity contribution in [2.75, 3.05) is 13.2 Å². The van der Waals surface area contributed by atoms with Gasteiger partial charge in [0.2, 0.25) is 11.8 Å². The second kappa shape index (κ2) is 8.48. The minimum atomic E-state index is -1.11. The van der Waals surface area contributed by atoms with Crippen molar-refractivity contribution in [1.82, 2.24) is 10.2 Å². The van der Waals surface area contributed by atoms with Gasteiger partial charge in [-0.1, -0.05) is 30.3 Å². The monoisotopic (exact) mass is 346 g/mol. The number of rotatable bonds is 7. The third-order valence-corrected chi connectivity index (χ3v) is 4.70. The molecule has 1 heterocycles. The van der Waals surface area contributed by atoms with Crippen molar-refractivity contribution in [3.8, 4) is 0 Å². The first-order valence-corrected chi connectivity index (χ1v) is 9.07. The van der Waals surface area contributed by atoms with E-state index < -0.39 is 5.41 Å². The van der Waals surface area contributed by atoms with Crippen LogP contribution in [0.5, 0.6) is 0 Å². The van der Waals surface area contributed by atoms with Crippen LogP contribution in [-0.4, -0.2) is 42.0 Å². The van der Waals surface area contributed by atoms with Gasteiger partial charge in [-0.2, -0.15) is 0 Å². The van der Waals surface area contributed by atoms with E-state index in [4.69, 9.17) is 4.74 Å². The van der Waals surface area contributed by atoms with Gasteiger partial charge < -0.3 is 15.0 Å². The molecule has 1 fully saturated rings. The van der Waals surface area contributed by atoms with Gasteiger partial charge in [-0.3, -0.25) is 9.59 Å². The molecule has 5 nitrogen and oxygen atoms in total. The Hall–Kier alpha value is -1.88. The van der Waals surface area contributed by atoms with E-state index in [0.717, 1.165) is 25.0 Å². The molecule has 138 valence electrons. The fourth-order valence-corrected chi connectivity index (χ4v) is 2.96. The van der Waals surface area contributed by atoms with E-state index in [2.05, 4.69) is 5.32 Å². The minimum Gasteiger partial charge on any atom is -0.376 e. The smallest absolute Gasteiger partial charge is 0.238 e. The molecule has 0 bridgehead atoms. The highest BCUT2D eigenvalue weighted by molar-refractivity contribution is 6.04. The van der Waals surface area contributed by atoms with Gasteiger partial charge in [-0.05, 0) is 46.1 Å². The summed E-state index contributed by atoms with van der Waals surface area (Å²) in [5.41, 5.74) is -0.0578. The summed E-state index contributed by atoms with van der Waals surface area (Å²) in [5.74, 6) is -0.400. The zero-order chi connectivity index (χ0) is 18.4. The summed E-state index contributed by atoms with van der Waals surface area (Å²) in [6.45, 7) is 9.06. The predicted octanol–water partition coefficient (Wildman–Crippen LogP) is 2.75. The summed E-state index contributed by atoms with van der Waals surface area (Å²) >= 11 is 0. The van der Waals surface area contributed by atoms with Crippen LogP contribution in [0.4, 0.5) is 0 Å². The molecule has 1 aromatic carbocycles. The second-order valence-corrected chi connectivity index (χ2v) is 7.48. The normalized spacial score (nSPS) is 17.6. The van der Waals surface area contributed by atoms with Crippen molar-refractivity contribution in [2.24, 2.45) is 5.41 Å². The van der Waals surface area contributed by atoms with Crippen LogP contribution in [0.3, 0.4) is 0 Å². The molecule has 0 aliphatic carbocycles. The highest BCUT2D eigenvalue weighted by atomic mass is 16.5. The fraction of sp³-hybridized carbons (Fsp3) is 0.600. The maximum absolute atomic E-state index is 13.1. The Morgan fingerprint density at radius 2 is 1.96 bits per heavy atom. The van der Waals surface area contributed by atoms with Crippen LogP contribution in [0, 0.1) is 5.41 Å². The Bertz CT molecular complexity index is 578. The van der Waals surface area contributed by atoms with E-state index in [1.165, 1.54) is 0 Å². The number of carbonyl (C=O) groups excluding carboxylic acids is 2. The van der Waals surface area contributed by atoms with Crippen molar-refractivity contribution >= 4 is 11.8 Å². The van der Waals surface area contributed by atoms with Crippen LogP contribution in [0.1, 0.15) is 46.1 Å². The zero-order valence-electron chi connectivity index (χ0n) is 15.7. The maximum atomic E-state index is 13.1. The van der Waals surface area contributed by atoms with Crippen molar-refractivity contribution in [1.29, 1.82) is 0 Å². The van der Waals surface area contributed by atoms with Gasteiger partial charge in [0, 0.05) is 25.7 Å². The number of amides is 2. The Balaban J connectivity index is 2.03. The lowest BCUT2D eigenvalue weighted by Crippen LogP contribution is -2.52. The molecule has 2 rings (SSSR count). The first-order valence-electron chi connectivity index (χ1n) is 9.07. The SMILES string of the molecule is CC(C)N(Cc1ccccc1)C(=O)C(C)(C)C(=O)NCC1CCCO1.